The lowest BCUT2D eigenvalue weighted by Gasteiger charge is -2.08. The second-order valence-electron chi connectivity index (χ2n) is 2.89. The van der Waals surface area contributed by atoms with E-state index >= 15 is 0 Å². The maximum Gasteiger partial charge on any atom is 0.220 e. The summed E-state index contributed by atoms with van der Waals surface area (Å²) in [7, 11) is -0.789. The van der Waals surface area contributed by atoms with Gasteiger partial charge in [0.2, 0.25) is 5.91 Å². The zero-order chi connectivity index (χ0) is 10.3. The third-order valence-corrected chi connectivity index (χ3v) is 3.53. The molecule has 5 heteroatoms. The second kappa shape index (κ2) is 7.50. The summed E-state index contributed by atoms with van der Waals surface area (Å²) < 4.78 is 10.9. The molecule has 2 unspecified atom stereocenters. The molecule has 1 N–H and O–H groups in total. The van der Waals surface area contributed by atoms with Gasteiger partial charge in [0, 0.05) is 40.6 Å². The molecule has 0 saturated carbocycles. The highest BCUT2D eigenvalue weighted by Crippen LogP contribution is 1.97. The van der Waals surface area contributed by atoms with Crippen LogP contribution in [0.25, 0.3) is 0 Å². The van der Waals surface area contributed by atoms with Crippen molar-refractivity contribution in [2.75, 3.05) is 18.1 Å². The zero-order valence-electron chi connectivity index (χ0n) is 8.01. The molecule has 0 fully saturated rings. The van der Waals surface area contributed by atoms with Crippen molar-refractivity contribution < 1.29 is 9.00 Å². The van der Waals surface area contributed by atoms with E-state index in [0.29, 0.717) is 18.3 Å². The molecule has 0 bridgehead atoms. The van der Waals surface area contributed by atoms with Crippen molar-refractivity contribution >= 4 is 32.6 Å². The van der Waals surface area contributed by atoms with Gasteiger partial charge in [0.15, 0.2) is 0 Å². The maximum atomic E-state index is 11.0. The van der Waals surface area contributed by atoms with E-state index in [4.69, 9.17) is 0 Å². The van der Waals surface area contributed by atoms with Crippen LogP contribution in [0, 0.1) is 0 Å². The van der Waals surface area contributed by atoms with Crippen LogP contribution in [-0.2, 0) is 15.6 Å². The SMILES string of the molecule is CC(CCNC(=O)CCBr)S(C)=O. The average Bonchev–Trinajstić information content (AvgIpc) is 2.04. The summed E-state index contributed by atoms with van der Waals surface area (Å²) >= 11 is 3.18. The predicted molar refractivity (Wildman–Crippen MR) is 59.6 cm³/mol. The van der Waals surface area contributed by atoms with Crippen LogP contribution in [-0.4, -0.2) is 33.5 Å². The molecule has 13 heavy (non-hydrogen) atoms. The van der Waals surface area contributed by atoms with Gasteiger partial charge < -0.3 is 5.32 Å². The van der Waals surface area contributed by atoms with Gasteiger partial charge in [-0.05, 0) is 6.42 Å². The molecular weight excluding hydrogens is 254 g/mol. The number of carbonyl (C=O) groups is 1. The van der Waals surface area contributed by atoms with Crippen LogP contribution in [0.4, 0.5) is 0 Å². The number of hydrogen-bond acceptors (Lipinski definition) is 2. The number of alkyl halides is 1. The Labute approximate surface area is 90.2 Å². The minimum atomic E-state index is -0.789. The normalized spacial score (nSPS) is 15.0. The quantitative estimate of drug-likeness (QED) is 0.733. The van der Waals surface area contributed by atoms with E-state index in [-0.39, 0.29) is 11.2 Å². The molecule has 0 aliphatic carbocycles. The molecule has 0 spiro atoms. The first-order valence-corrected chi connectivity index (χ1v) is 6.97. The molecule has 78 valence electrons. The van der Waals surface area contributed by atoms with Crippen molar-refractivity contribution in [3.05, 3.63) is 0 Å². The van der Waals surface area contributed by atoms with Gasteiger partial charge in [0.1, 0.15) is 0 Å². The van der Waals surface area contributed by atoms with Gasteiger partial charge in [-0.25, -0.2) is 0 Å². The minimum absolute atomic E-state index is 0.0472. The Balaban J connectivity index is 3.44. The molecule has 0 aromatic carbocycles. The van der Waals surface area contributed by atoms with Gasteiger partial charge in [0.05, 0.1) is 0 Å². The fraction of sp³-hybridized carbons (Fsp3) is 0.875. The van der Waals surface area contributed by atoms with Crippen LogP contribution in [0.1, 0.15) is 19.8 Å². The Morgan fingerprint density at radius 1 is 1.62 bits per heavy atom. The van der Waals surface area contributed by atoms with Gasteiger partial charge in [-0.3, -0.25) is 9.00 Å². The fourth-order valence-electron chi connectivity index (χ4n) is 0.755. The lowest BCUT2D eigenvalue weighted by Crippen LogP contribution is -2.27. The van der Waals surface area contributed by atoms with Crippen LogP contribution < -0.4 is 5.32 Å². The van der Waals surface area contributed by atoms with Crippen molar-refractivity contribution in [1.82, 2.24) is 5.32 Å². The third kappa shape index (κ3) is 7.19. The number of carbonyl (C=O) groups excluding carboxylic acids is 1. The van der Waals surface area contributed by atoms with Crippen molar-refractivity contribution in [1.29, 1.82) is 0 Å². The van der Waals surface area contributed by atoms with Gasteiger partial charge in [-0.15, -0.1) is 0 Å². The Kier molecular flexibility index (Phi) is 7.56. The largest absolute Gasteiger partial charge is 0.356 e. The van der Waals surface area contributed by atoms with Crippen molar-refractivity contribution in [2.24, 2.45) is 0 Å². The van der Waals surface area contributed by atoms with Crippen LogP contribution in [0.5, 0.6) is 0 Å². The lowest BCUT2D eigenvalue weighted by atomic mass is 10.3. The van der Waals surface area contributed by atoms with Gasteiger partial charge in [-0.2, -0.15) is 0 Å². The number of amides is 1. The molecule has 0 saturated heterocycles. The Hall–Kier alpha value is 0.1000. The lowest BCUT2D eigenvalue weighted by molar-refractivity contribution is -0.120. The number of hydrogen-bond donors (Lipinski definition) is 1. The Bertz CT molecular complexity index is 187. The van der Waals surface area contributed by atoms with E-state index in [0.717, 1.165) is 6.42 Å². The second-order valence-corrected chi connectivity index (χ2v) is 5.48. The summed E-state index contributed by atoms with van der Waals surface area (Å²) in [6.45, 7) is 2.54. The molecule has 0 aromatic rings. The average molecular weight is 270 g/mol. The molecule has 0 rings (SSSR count). The summed E-state index contributed by atoms with van der Waals surface area (Å²) in [5, 5.41) is 3.61. The molecule has 1 amide bonds. The van der Waals surface area contributed by atoms with Gasteiger partial charge in [0.25, 0.3) is 0 Å². The van der Waals surface area contributed by atoms with E-state index in [1.54, 1.807) is 6.26 Å². The standard InChI is InChI=1S/C8H16BrNO2S/c1-7(13(2)12)4-6-10-8(11)3-5-9/h7H,3-6H2,1-2H3,(H,10,11). The fourth-order valence-corrected chi connectivity index (χ4v) is 1.56. The number of rotatable bonds is 6. The van der Waals surface area contributed by atoms with Gasteiger partial charge >= 0.3 is 0 Å². The first-order valence-electron chi connectivity index (χ1n) is 4.22. The Morgan fingerprint density at radius 2 is 2.23 bits per heavy atom. The van der Waals surface area contributed by atoms with Crippen LogP contribution in [0.2, 0.25) is 0 Å². The smallest absolute Gasteiger partial charge is 0.220 e. The predicted octanol–water partition coefficient (Wildman–Crippen LogP) is 1.04. The summed E-state index contributed by atoms with van der Waals surface area (Å²) in [6, 6.07) is 0. The van der Waals surface area contributed by atoms with E-state index in [1.165, 1.54) is 0 Å². The molecule has 0 aliphatic heterocycles. The molecule has 0 heterocycles. The molecule has 0 aliphatic rings. The molecule has 2 atom stereocenters. The minimum Gasteiger partial charge on any atom is -0.356 e. The highest BCUT2D eigenvalue weighted by Gasteiger charge is 2.06. The summed E-state index contributed by atoms with van der Waals surface area (Å²) in [5.74, 6) is 0.0472. The van der Waals surface area contributed by atoms with Gasteiger partial charge in [-0.1, -0.05) is 22.9 Å². The molecule has 0 radical (unpaired) electrons. The summed E-state index contributed by atoms with van der Waals surface area (Å²) in [6.07, 6.45) is 2.96. The Morgan fingerprint density at radius 3 is 2.69 bits per heavy atom. The maximum absolute atomic E-state index is 11.0. The van der Waals surface area contributed by atoms with E-state index in [1.807, 2.05) is 6.92 Å². The highest BCUT2D eigenvalue weighted by molar-refractivity contribution is 9.09. The highest BCUT2D eigenvalue weighted by atomic mass is 79.9. The first-order chi connectivity index (χ1) is 6.07. The van der Waals surface area contributed by atoms with Crippen LogP contribution >= 0.6 is 15.9 Å². The van der Waals surface area contributed by atoms with Crippen molar-refractivity contribution in [3.8, 4) is 0 Å². The summed E-state index contributed by atoms with van der Waals surface area (Å²) in [5.41, 5.74) is 0. The molecule has 3 nitrogen and oxygen atoms in total. The number of nitrogens with one attached hydrogen (secondary N) is 1. The molecular formula is C8H16BrNO2S. The topological polar surface area (TPSA) is 46.2 Å². The first kappa shape index (κ1) is 13.1. The monoisotopic (exact) mass is 269 g/mol. The summed E-state index contributed by atoms with van der Waals surface area (Å²) in [4.78, 5) is 11.0. The van der Waals surface area contributed by atoms with Crippen LogP contribution in [0.15, 0.2) is 0 Å². The van der Waals surface area contributed by atoms with E-state index < -0.39 is 10.8 Å². The zero-order valence-corrected chi connectivity index (χ0v) is 10.4. The van der Waals surface area contributed by atoms with Crippen LogP contribution in [0.3, 0.4) is 0 Å². The van der Waals surface area contributed by atoms with E-state index in [9.17, 15) is 9.00 Å². The third-order valence-electron chi connectivity index (χ3n) is 1.76. The molecule has 0 aromatic heterocycles. The van der Waals surface area contributed by atoms with Crippen molar-refractivity contribution in [3.63, 3.8) is 0 Å². The van der Waals surface area contributed by atoms with Crippen molar-refractivity contribution in [2.45, 2.75) is 25.0 Å². The van der Waals surface area contributed by atoms with E-state index in [2.05, 4.69) is 21.2 Å². The number of halogens is 1.